The third-order valence-corrected chi connectivity index (χ3v) is 3.83. The Hall–Kier alpha value is -1.40. The number of aromatic nitrogens is 1. The summed E-state index contributed by atoms with van der Waals surface area (Å²) in [6, 6.07) is 5.48. The Bertz CT molecular complexity index is 568. The number of hydrogen-bond acceptors (Lipinski definition) is 4. The fourth-order valence-corrected chi connectivity index (χ4v) is 2.64. The molecular formula is C11H8BrNO3S. The predicted octanol–water partition coefficient (Wildman–Crippen LogP) is 3.28. The minimum absolute atomic E-state index is 0.217. The van der Waals surface area contributed by atoms with Gasteiger partial charge in [-0.25, -0.2) is 9.78 Å². The normalized spacial score (nSPS) is 10.2. The summed E-state index contributed by atoms with van der Waals surface area (Å²) < 4.78 is 5.98. The molecule has 0 atom stereocenters. The van der Waals surface area contributed by atoms with E-state index in [1.165, 1.54) is 6.20 Å². The van der Waals surface area contributed by atoms with Crippen LogP contribution in [0.15, 0.2) is 28.9 Å². The topological polar surface area (TPSA) is 59.4 Å². The van der Waals surface area contributed by atoms with Crippen LogP contribution >= 0.6 is 27.3 Å². The van der Waals surface area contributed by atoms with Crippen molar-refractivity contribution in [3.05, 3.63) is 33.7 Å². The van der Waals surface area contributed by atoms with Crippen LogP contribution in [0.1, 0.15) is 9.67 Å². The lowest BCUT2D eigenvalue weighted by Crippen LogP contribution is -1.89. The highest BCUT2D eigenvalue weighted by Gasteiger charge is 2.12. The average Bonchev–Trinajstić information content (AvgIpc) is 2.79. The first-order valence-corrected chi connectivity index (χ1v) is 6.26. The van der Waals surface area contributed by atoms with Gasteiger partial charge in [-0.05, 0) is 18.2 Å². The molecule has 0 unspecified atom stereocenters. The number of nitrogens with zero attached hydrogens (tertiary/aromatic N) is 1. The van der Waals surface area contributed by atoms with E-state index >= 15 is 0 Å². The number of benzene rings is 1. The number of carboxylic acids is 1. The summed E-state index contributed by atoms with van der Waals surface area (Å²) in [6.07, 6.45) is 1.36. The molecule has 0 aliphatic rings. The van der Waals surface area contributed by atoms with Crippen LogP contribution < -0.4 is 4.74 Å². The van der Waals surface area contributed by atoms with E-state index in [1.807, 2.05) is 18.2 Å². The molecule has 2 rings (SSSR count). The van der Waals surface area contributed by atoms with Crippen molar-refractivity contribution in [2.75, 3.05) is 7.11 Å². The van der Waals surface area contributed by atoms with E-state index in [9.17, 15) is 4.79 Å². The van der Waals surface area contributed by atoms with Gasteiger partial charge in [0.05, 0.1) is 13.3 Å². The number of aromatic carboxylic acids is 1. The first kappa shape index (κ1) is 12.1. The Kier molecular flexibility index (Phi) is 3.44. The van der Waals surface area contributed by atoms with E-state index in [1.54, 1.807) is 7.11 Å². The number of rotatable bonds is 3. The van der Waals surface area contributed by atoms with Crippen molar-refractivity contribution in [2.24, 2.45) is 0 Å². The van der Waals surface area contributed by atoms with Gasteiger partial charge in [-0.2, -0.15) is 0 Å². The molecule has 0 fully saturated rings. The lowest BCUT2D eigenvalue weighted by Gasteiger charge is -2.04. The molecule has 0 bridgehead atoms. The Morgan fingerprint density at radius 2 is 2.29 bits per heavy atom. The van der Waals surface area contributed by atoms with Gasteiger partial charge >= 0.3 is 5.97 Å². The number of ether oxygens (including phenoxy) is 1. The lowest BCUT2D eigenvalue weighted by molar-refractivity contribution is 0.0702. The van der Waals surface area contributed by atoms with Crippen LogP contribution in [0, 0.1) is 0 Å². The van der Waals surface area contributed by atoms with Crippen LogP contribution in [0.2, 0.25) is 0 Å². The van der Waals surface area contributed by atoms with Gasteiger partial charge in [-0.3, -0.25) is 0 Å². The maximum Gasteiger partial charge on any atom is 0.347 e. The van der Waals surface area contributed by atoms with E-state index in [0.717, 1.165) is 21.4 Å². The standard InChI is InChI=1S/C11H8BrNO3S/c1-16-6-2-3-8(12)7(4-6)10-13-5-9(17-10)11(14)15/h2-5H,1H3,(H,14,15). The number of carboxylic acid groups (broad SMARTS) is 1. The van der Waals surface area contributed by atoms with Crippen LogP contribution in [0.4, 0.5) is 0 Å². The van der Waals surface area contributed by atoms with E-state index < -0.39 is 5.97 Å². The van der Waals surface area contributed by atoms with Crippen LogP contribution in [-0.4, -0.2) is 23.2 Å². The average molecular weight is 314 g/mol. The molecule has 0 aliphatic carbocycles. The molecule has 1 aromatic heterocycles. The van der Waals surface area contributed by atoms with Crippen LogP contribution in [0.3, 0.4) is 0 Å². The number of thiazole rings is 1. The van der Waals surface area contributed by atoms with Crippen LogP contribution in [0.25, 0.3) is 10.6 Å². The zero-order chi connectivity index (χ0) is 12.4. The van der Waals surface area contributed by atoms with Crippen LogP contribution in [0.5, 0.6) is 5.75 Å². The molecular weight excluding hydrogens is 306 g/mol. The SMILES string of the molecule is COc1ccc(Br)c(-c2ncc(C(=O)O)s2)c1. The molecule has 17 heavy (non-hydrogen) atoms. The molecule has 4 nitrogen and oxygen atoms in total. The van der Waals surface area contributed by atoms with E-state index in [-0.39, 0.29) is 4.88 Å². The number of hydrogen-bond donors (Lipinski definition) is 1. The summed E-state index contributed by atoms with van der Waals surface area (Å²) in [6.45, 7) is 0. The molecule has 0 saturated heterocycles. The molecule has 6 heteroatoms. The van der Waals surface area contributed by atoms with Crippen molar-refractivity contribution >= 4 is 33.2 Å². The van der Waals surface area contributed by atoms with Gasteiger partial charge < -0.3 is 9.84 Å². The lowest BCUT2D eigenvalue weighted by atomic mass is 10.2. The van der Waals surface area contributed by atoms with Gasteiger partial charge in [0, 0.05) is 10.0 Å². The highest BCUT2D eigenvalue weighted by molar-refractivity contribution is 9.10. The fraction of sp³-hybridized carbons (Fsp3) is 0.0909. The maximum absolute atomic E-state index is 10.8. The Balaban J connectivity index is 2.47. The van der Waals surface area contributed by atoms with Gasteiger partial charge in [-0.15, -0.1) is 11.3 Å². The van der Waals surface area contributed by atoms with Gasteiger partial charge in [-0.1, -0.05) is 15.9 Å². The monoisotopic (exact) mass is 313 g/mol. The minimum Gasteiger partial charge on any atom is -0.497 e. The number of methoxy groups -OCH3 is 1. The molecule has 1 N–H and O–H groups in total. The summed E-state index contributed by atoms with van der Waals surface area (Å²) in [7, 11) is 1.58. The molecule has 0 amide bonds. The summed E-state index contributed by atoms with van der Waals surface area (Å²) >= 11 is 4.54. The Morgan fingerprint density at radius 1 is 1.53 bits per heavy atom. The first-order valence-electron chi connectivity index (χ1n) is 4.65. The second kappa shape index (κ2) is 4.85. The Morgan fingerprint density at radius 3 is 2.88 bits per heavy atom. The van der Waals surface area contributed by atoms with Crippen LogP contribution in [-0.2, 0) is 0 Å². The van der Waals surface area contributed by atoms with Crippen molar-refractivity contribution < 1.29 is 14.6 Å². The molecule has 88 valence electrons. The molecule has 0 spiro atoms. The zero-order valence-electron chi connectivity index (χ0n) is 8.81. The second-order valence-electron chi connectivity index (χ2n) is 3.18. The number of halogens is 1. The van der Waals surface area contributed by atoms with Gasteiger partial charge in [0.25, 0.3) is 0 Å². The predicted molar refractivity (Wildman–Crippen MR) is 68.8 cm³/mol. The maximum atomic E-state index is 10.8. The van der Waals surface area contributed by atoms with E-state index in [0.29, 0.717) is 10.8 Å². The van der Waals surface area contributed by atoms with Crippen molar-refractivity contribution in [2.45, 2.75) is 0 Å². The first-order chi connectivity index (χ1) is 8.11. The quantitative estimate of drug-likeness (QED) is 0.944. The third-order valence-electron chi connectivity index (χ3n) is 2.12. The highest BCUT2D eigenvalue weighted by atomic mass is 79.9. The summed E-state index contributed by atoms with van der Waals surface area (Å²) in [5.74, 6) is -0.261. The van der Waals surface area contributed by atoms with Crippen molar-refractivity contribution in [1.82, 2.24) is 4.98 Å². The summed E-state index contributed by atoms with van der Waals surface area (Å²) in [5.41, 5.74) is 0.821. The molecule has 1 aromatic carbocycles. The van der Waals surface area contributed by atoms with Gasteiger partial charge in [0.1, 0.15) is 15.6 Å². The van der Waals surface area contributed by atoms with E-state index in [2.05, 4.69) is 20.9 Å². The molecule has 1 heterocycles. The van der Waals surface area contributed by atoms with Crippen molar-refractivity contribution in [1.29, 1.82) is 0 Å². The minimum atomic E-state index is -0.965. The highest BCUT2D eigenvalue weighted by Crippen LogP contribution is 2.34. The smallest absolute Gasteiger partial charge is 0.347 e. The number of carbonyl (C=O) groups is 1. The fourth-order valence-electron chi connectivity index (χ4n) is 1.29. The molecule has 0 radical (unpaired) electrons. The molecule has 2 aromatic rings. The van der Waals surface area contributed by atoms with E-state index in [4.69, 9.17) is 9.84 Å². The largest absolute Gasteiger partial charge is 0.497 e. The van der Waals surface area contributed by atoms with Gasteiger partial charge in [0.2, 0.25) is 0 Å². The zero-order valence-corrected chi connectivity index (χ0v) is 11.2. The molecule has 0 saturated carbocycles. The Labute approximate surface area is 110 Å². The summed E-state index contributed by atoms with van der Waals surface area (Å²) in [4.78, 5) is 15.1. The summed E-state index contributed by atoms with van der Waals surface area (Å²) in [5, 5.41) is 9.50. The van der Waals surface area contributed by atoms with Crippen molar-refractivity contribution in [3.8, 4) is 16.3 Å². The molecule has 0 aliphatic heterocycles. The van der Waals surface area contributed by atoms with Crippen molar-refractivity contribution in [3.63, 3.8) is 0 Å². The van der Waals surface area contributed by atoms with Gasteiger partial charge in [0.15, 0.2) is 0 Å². The third kappa shape index (κ3) is 2.48. The second-order valence-corrected chi connectivity index (χ2v) is 5.07.